The predicted octanol–water partition coefficient (Wildman–Crippen LogP) is 3.67. The van der Waals surface area contributed by atoms with Gasteiger partial charge in [-0.2, -0.15) is 0 Å². The first kappa shape index (κ1) is 14.3. The first-order chi connectivity index (χ1) is 8.00. The molecule has 1 fully saturated rings. The van der Waals surface area contributed by atoms with Gasteiger partial charge in [0.25, 0.3) is 0 Å². The van der Waals surface area contributed by atoms with Gasteiger partial charge in [-0.25, -0.2) is 0 Å². The molecule has 0 amide bonds. The molecule has 0 aromatic rings. The van der Waals surface area contributed by atoms with Crippen LogP contribution in [0, 0.1) is 11.8 Å². The molecule has 0 atom stereocenters. The number of hydrogen-bond acceptors (Lipinski definition) is 2. The van der Waals surface area contributed by atoms with E-state index in [1.165, 1.54) is 32.1 Å². The second kappa shape index (κ2) is 6.83. The summed E-state index contributed by atoms with van der Waals surface area (Å²) in [4.78, 5) is 11.8. The third kappa shape index (κ3) is 4.93. The number of carbonyl (C=O) groups excluding carboxylic acids is 1. The number of carbonyl (C=O) groups is 1. The van der Waals surface area contributed by atoms with E-state index in [-0.39, 0.29) is 11.7 Å². The fourth-order valence-corrected chi connectivity index (χ4v) is 2.18. The summed E-state index contributed by atoms with van der Waals surface area (Å²) in [6.45, 7) is 8.21. The highest BCUT2D eigenvalue weighted by Crippen LogP contribution is 2.20. The third-order valence-electron chi connectivity index (χ3n) is 3.46. The maximum Gasteiger partial charge on any atom is 0.159 e. The molecular formula is C15H27NO. The van der Waals surface area contributed by atoms with Crippen molar-refractivity contribution in [2.75, 3.05) is 0 Å². The highest BCUT2D eigenvalue weighted by molar-refractivity contribution is 5.91. The normalized spacial score (nSPS) is 18.8. The van der Waals surface area contributed by atoms with Crippen LogP contribution in [0.3, 0.4) is 0 Å². The van der Waals surface area contributed by atoms with E-state index in [4.69, 9.17) is 0 Å². The minimum atomic E-state index is 0.0944. The molecule has 1 rings (SSSR count). The molecule has 0 radical (unpaired) electrons. The second-order valence-electron chi connectivity index (χ2n) is 5.79. The Labute approximate surface area is 106 Å². The topological polar surface area (TPSA) is 29.1 Å². The fraction of sp³-hybridized carbons (Fsp3) is 0.800. The average Bonchev–Trinajstić information content (AvgIpc) is 2.29. The van der Waals surface area contributed by atoms with E-state index in [0.717, 1.165) is 5.70 Å². The first-order valence-electron chi connectivity index (χ1n) is 7.02. The van der Waals surface area contributed by atoms with E-state index in [1.54, 1.807) is 0 Å². The molecule has 0 aromatic carbocycles. The van der Waals surface area contributed by atoms with Crippen molar-refractivity contribution in [1.82, 2.24) is 5.32 Å². The SMILES string of the molecule is CC(C)C(=O)C=C(NC1CCCCC1)C(C)C. The Balaban J connectivity index is 2.62. The summed E-state index contributed by atoms with van der Waals surface area (Å²) < 4.78 is 0. The van der Waals surface area contributed by atoms with Crippen LogP contribution in [-0.4, -0.2) is 11.8 Å². The van der Waals surface area contributed by atoms with Crippen molar-refractivity contribution in [3.63, 3.8) is 0 Å². The van der Waals surface area contributed by atoms with E-state index in [1.807, 2.05) is 19.9 Å². The Kier molecular flexibility index (Phi) is 5.73. The molecule has 0 aromatic heterocycles. The van der Waals surface area contributed by atoms with Gasteiger partial charge in [-0.3, -0.25) is 4.79 Å². The van der Waals surface area contributed by atoms with Crippen LogP contribution in [0.4, 0.5) is 0 Å². The standard InChI is InChI=1S/C15H27NO/c1-11(2)14(10-15(17)12(3)4)16-13-8-6-5-7-9-13/h10-13,16H,5-9H2,1-4H3. The van der Waals surface area contributed by atoms with Crippen LogP contribution in [0.1, 0.15) is 59.8 Å². The molecule has 1 aliphatic carbocycles. The Morgan fingerprint density at radius 3 is 2.12 bits per heavy atom. The number of nitrogens with one attached hydrogen (secondary N) is 1. The maximum absolute atomic E-state index is 11.8. The molecule has 0 heterocycles. The Morgan fingerprint density at radius 2 is 1.65 bits per heavy atom. The first-order valence-corrected chi connectivity index (χ1v) is 7.02. The number of rotatable bonds is 5. The minimum absolute atomic E-state index is 0.0944. The quantitative estimate of drug-likeness (QED) is 0.739. The molecule has 1 N–H and O–H groups in total. The predicted molar refractivity (Wildman–Crippen MR) is 72.8 cm³/mol. The van der Waals surface area contributed by atoms with Crippen molar-refractivity contribution in [2.24, 2.45) is 11.8 Å². The number of ketones is 1. The summed E-state index contributed by atoms with van der Waals surface area (Å²) >= 11 is 0. The third-order valence-corrected chi connectivity index (χ3v) is 3.46. The maximum atomic E-state index is 11.8. The van der Waals surface area contributed by atoms with Crippen LogP contribution >= 0.6 is 0 Å². The van der Waals surface area contributed by atoms with Crippen molar-refractivity contribution in [1.29, 1.82) is 0 Å². The van der Waals surface area contributed by atoms with Crippen molar-refractivity contribution in [3.8, 4) is 0 Å². The molecule has 0 aliphatic heterocycles. The lowest BCUT2D eigenvalue weighted by Gasteiger charge is -2.27. The lowest BCUT2D eigenvalue weighted by Crippen LogP contribution is -2.32. The smallest absolute Gasteiger partial charge is 0.159 e. The molecule has 1 saturated carbocycles. The van der Waals surface area contributed by atoms with Gasteiger partial charge in [0.15, 0.2) is 5.78 Å². The molecule has 0 saturated heterocycles. The zero-order valence-electron chi connectivity index (χ0n) is 11.8. The van der Waals surface area contributed by atoms with Crippen molar-refractivity contribution >= 4 is 5.78 Å². The van der Waals surface area contributed by atoms with Gasteiger partial charge >= 0.3 is 0 Å². The molecular weight excluding hydrogens is 210 g/mol. The zero-order chi connectivity index (χ0) is 12.8. The van der Waals surface area contributed by atoms with E-state index in [0.29, 0.717) is 12.0 Å². The Bertz CT molecular complexity index is 273. The lowest BCUT2D eigenvalue weighted by molar-refractivity contribution is -0.117. The van der Waals surface area contributed by atoms with Crippen LogP contribution < -0.4 is 5.32 Å². The molecule has 98 valence electrons. The van der Waals surface area contributed by atoms with Crippen LogP contribution in [0.2, 0.25) is 0 Å². The highest BCUT2D eigenvalue weighted by Gasteiger charge is 2.16. The van der Waals surface area contributed by atoms with Gasteiger partial charge in [-0.05, 0) is 18.8 Å². The van der Waals surface area contributed by atoms with Crippen molar-refractivity contribution in [2.45, 2.75) is 65.8 Å². The van der Waals surface area contributed by atoms with E-state index >= 15 is 0 Å². The summed E-state index contributed by atoms with van der Waals surface area (Å²) in [5.74, 6) is 0.730. The summed E-state index contributed by atoms with van der Waals surface area (Å²) in [5, 5.41) is 3.58. The summed E-state index contributed by atoms with van der Waals surface area (Å²) in [6.07, 6.45) is 8.33. The van der Waals surface area contributed by atoms with Gasteiger partial charge < -0.3 is 5.32 Å². The fourth-order valence-electron chi connectivity index (χ4n) is 2.18. The number of allylic oxidation sites excluding steroid dienone is 2. The van der Waals surface area contributed by atoms with Crippen LogP contribution in [-0.2, 0) is 4.79 Å². The van der Waals surface area contributed by atoms with Crippen LogP contribution in [0.5, 0.6) is 0 Å². The van der Waals surface area contributed by atoms with Gasteiger partial charge in [-0.15, -0.1) is 0 Å². The van der Waals surface area contributed by atoms with Crippen LogP contribution in [0.15, 0.2) is 11.8 Å². The van der Waals surface area contributed by atoms with Gasteiger partial charge in [0, 0.05) is 23.7 Å². The number of hydrogen-bond donors (Lipinski definition) is 1. The van der Waals surface area contributed by atoms with Gasteiger partial charge in [-0.1, -0.05) is 47.0 Å². The van der Waals surface area contributed by atoms with Crippen LogP contribution in [0.25, 0.3) is 0 Å². The Morgan fingerprint density at radius 1 is 1.06 bits per heavy atom. The molecule has 2 nitrogen and oxygen atoms in total. The molecule has 2 heteroatoms. The average molecular weight is 237 g/mol. The molecule has 0 unspecified atom stereocenters. The van der Waals surface area contributed by atoms with Crippen molar-refractivity contribution < 1.29 is 4.79 Å². The molecule has 17 heavy (non-hydrogen) atoms. The van der Waals surface area contributed by atoms with E-state index < -0.39 is 0 Å². The van der Waals surface area contributed by atoms with E-state index in [2.05, 4.69) is 19.2 Å². The van der Waals surface area contributed by atoms with Gasteiger partial charge in [0.05, 0.1) is 0 Å². The molecule has 1 aliphatic rings. The summed E-state index contributed by atoms with van der Waals surface area (Å²) in [6, 6.07) is 0.581. The summed E-state index contributed by atoms with van der Waals surface area (Å²) in [5.41, 5.74) is 1.12. The zero-order valence-corrected chi connectivity index (χ0v) is 11.8. The lowest BCUT2D eigenvalue weighted by atomic mass is 9.94. The van der Waals surface area contributed by atoms with Gasteiger partial charge in [0.2, 0.25) is 0 Å². The summed E-state index contributed by atoms with van der Waals surface area (Å²) in [7, 11) is 0. The van der Waals surface area contributed by atoms with Gasteiger partial charge in [0.1, 0.15) is 0 Å². The second-order valence-corrected chi connectivity index (χ2v) is 5.79. The monoisotopic (exact) mass is 237 g/mol. The van der Waals surface area contributed by atoms with Crippen molar-refractivity contribution in [3.05, 3.63) is 11.8 Å². The largest absolute Gasteiger partial charge is 0.385 e. The minimum Gasteiger partial charge on any atom is -0.385 e. The highest BCUT2D eigenvalue weighted by atomic mass is 16.1. The molecule has 0 spiro atoms. The Hall–Kier alpha value is -0.790. The molecule has 0 bridgehead atoms. The van der Waals surface area contributed by atoms with E-state index in [9.17, 15) is 4.79 Å².